The predicted molar refractivity (Wildman–Crippen MR) is 127 cm³/mol. The largest absolute Gasteiger partial charge is 0.481 e. The van der Waals surface area contributed by atoms with Gasteiger partial charge >= 0.3 is 5.97 Å². The minimum absolute atomic E-state index is 0.0306. The lowest BCUT2D eigenvalue weighted by atomic mass is 10.1. The summed E-state index contributed by atoms with van der Waals surface area (Å²) < 4.78 is 0. The fourth-order valence-electron chi connectivity index (χ4n) is 3.18. The number of amides is 2. The minimum Gasteiger partial charge on any atom is -0.481 e. The molecule has 0 aliphatic rings. The zero-order chi connectivity index (χ0) is 23.0. The van der Waals surface area contributed by atoms with Gasteiger partial charge in [-0.25, -0.2) is 0 Å². The number of hydrogen-bond donors (Lipinski definition) is 1. The highest BCUT2D eigenvalue weighted by Gasteiger charge is 2.31. The molecule has 2 aromatic carbocycles. The van der Waals surface area contributed by atoms with Crippen LogP contribution < -0.4 is 0 Å². The van der Waals surface area contributed by atoms with Crippen molar-refractivity contribution in [2.75, 3.05) is 6.54 Å². The summed E-state index contributed by atoms with van der Waals surface area (Å²) >= 11 is 10.7. The molecule has 0 aliphatic carbocycles. The molecule has 0 heterocycles. The Bertz CT molecular complexity index is 964. The van der Waals surface area contributed by atoms with E-state index in [1.807, 2.05) is 0 Å². The van der Waals surface area contributed by atoms with E-state index in [0.29, 0.717) is 21.1 Å². The monoisotopic (exact) mass is 456 g/mol. The van der Waals surface area contributed by atoms with E-state index in [-0.39, 0.29) is 31.2 Å². The van der Waals surface area contributed by atoms with Crippen LogP contribution in [-0.4, -0.2) is 55.3 Å². The Morgan fingerprint density at radius 2 is 1.32 bits per heavy atom. The minimum atomic E-state index is -1.00. The number of nitrogens with zero attached hydrogens (tertiary/aromatic N) is 2. The van der Waals surface area contributed by atoms with Gasteiger partial charge in [-0.2, -0.15) is 0 Å². The van der Waals surface area contributed by atoms with Gasteiger partial charge in [0.15, 0.2) is 0 Å². The van der Waals surface area contributed by atoms with Crippen molar-refractivity contribution in [2.24, 2.45) is 0 Å². The number of benzene rings is 2. The number of carboxylic acids is 1. The molecule has 2 aromatic rings. The molecule has 1 N–H and O–H groups in total. The van der Waals surface area contributed by atoms with Gasteiger partial charge in [-0.15, -0.1) is 0 Å². The van der Waals surface area contributed by atoms with Crippen LogP contribution in [0.4, 0.5) is 0 Å². The van der Waals surface area contributed by atoms with Crippen LogP contribution in [0.3, 0.4) is 0 Å². The molecule has 2 rings (SSSR count). The molecule has 0 bridgehead atoms. The molecule has 1 atom stereocenters. The summed E-state index contributed by atoms with van der Waals surface area (Å²) in [4.78, 5) is 41.0. The van der Waals surface area contributed by atoms with Crippen LogP contribution in [0.15, 0.2) is 60.7 Å². The Kier molecular flexibility index (Phi) is 8.96. The Hall–Kier alpha value is -2.97. The topological polar surface area (TPSA) is 77.9 Å². The first-order chi connectivity index (χ1) is 14.7. The predicted octanol–water partition coefficient (Wildman–Crippen LogP) is 4.20. The molecule has 0 spiro atoms. The van der Waals surface area contributed by atoms with E-state index in [0.717, 1.165) is 0 Å². The summed E-state index contributed by atoms with van der Waals surface area (Å²) in [6, 6.07) is 16.6. The Labute approximate surface area is 192 Å². The second-order valence-corrected chi connectivity index (χ2v) is 8.13. The second kappa shape index (κ2) is 11.4. The van der Waals surface area contributed by atoms with Crippen LogP contribution in [0.5, 0.6) is 0 Å². The van der Waals surface area contributed by atoms with Crippen molar-refractivity contribution >= 4 is 52.2 Å². The average molecular weight is 457 g/mol. The maximum atomic E-state index is 13.2. The van der Waals surface area contributed by atoms with Crippen molar-refractivity contribution in [3.05, 3.63) is 71.8 Å². The van der Waals surface area contributed by atoms with E-state index in [9.17, 15) is 19.5 Å². The number of carbonyl (C=O) groups excluding carboxylic acids is 2. The molecule has 1 unspecified atom stereocenters. The highest BCUT2D eigenvalue weighted by atomic mass is 32.1. The van der Waals surface area contributed by atoms with Gasteiger partial charge in [0.2, 0.25) is 0 Å². The number of rotatable bonds is 8. The summed E-state index contributed by atoms with van der Waals surface area (Å²) in [6.45, 7) is 3.26. The maximum absolute atomic E-state index is 13.2. The van der Waals surface area contributed by atoms with Crippen molar-refractivity contribution in [1.29, 1.82) is 0 Å². The van der Waals surface area contributed by atoms with E-state index < -0.39 is 12.0 Å². The summed E-state index contributed by atoms with van der Waals surface area (Å²) in [5.41, 5.74) is 0.871. The fourth-order valence-corrected chi connectivity index (χ4v) is 3.57. The van der Waals surface area contributed by atoms with Crippen molar-refractivity contribution in [2.45, 2.75) is 32.7 Å². The molecular formula is C23H24N2O4S2. The molecule has 0 saturated carbocycles. The van der Waals surface area contributed by atoms with Gasteiger partial charge in [0, 0.05) is 24.1 Å². The van der Waals surface area contributed by atoms with Gasteiger partial charge in [0.25, 0.3) is 11.8 Å². The molecule has 162 valence electrons. The van der Waals surface area contributed by atoms with E-state index in [2.05, 4.69) is 0 Å². The SMILES string of the molecule is CC(=S)N(CC(CCC(=O)O)N(C(=O)c1ccccc1)C(C)=S)C(=O)c1ccccc1. The Morgan fingerprint density at radius 3 is 1.74 bits per heavy atom. The van der Waals surface area contributed by atoms with Crippen molar-refractivity contribution < 1.29 is 19.5 Å². The van der Waals surface area contributed by atoms with Crippen LogP contribution in [0.25, 0.3) is 0 Å². The van der Waals surface area contributed by atoms with Gasteiger partial charge in [0.05, 0.1) is 16.0 Å². The maximum Gasteiger partial charge on any atom is 0.303 e. The molecule has 6 nitrogen and oxygen atoms in total. The molecule has 0 aromatic heterocycles. The van der Waals surface area contributed by atoms with E-state index in [4.69, 9.17) is 24.4 Å². The van der Waals surface area contributed by atoms with Gasteiger partial charge in [0.1, 0.15) is 0 Å². The molecule has 0 fully saturated rings. The fraction of sp³-hybridized carbons (Fsp3) is 0.261. The third kappa shape index (κ3) is 6.77. The number of carbonyl (C=O) groups is 3. The summed E-state index contributed by atoms with van der Waals surface area (Å²) in [7, 11) is 0. The molecular weight excluding hydrogens is 432 g/mol. The zero-order valence-electron chi connectivity index (χ0n) is 17.4. The first-order valence-corrected chi connectivity index (χ1v) is 10.5. The van der Waals surface area contributed by atoms with Crippen LogP contribution >= 0.6 is 24.4 Å². The van der Waals surface area contributed by atoms with Crippen LogP contribution in [0, 0.1) is 0 Å². The third-order valence-electron chi connectivity index (χ3n) is 4.67. The molecule has 31 heavy (non-hydrogen) atoms. The van der Waals surface area contributed by atoms with Crippen molar-refractivity contribution in [1.82, 2.24) is 9.80 Å². The number of thiocarbonyl (C=S) groups is 2. The highest BCUT2D eigenvalue weighted by Crippen LogP contribution is 2.18. The summed E-state index contributed by atoms with van der Waals surface area (Å²) in [6.07, 6.45) is -0.0707. The van der Waals surface area contributed by atoms with Gasteiger partial charge in [-0.1, -0.05) is 60.8 Å². The van der Waals surface area contributed by atoms with E-state index >= 15 is 0 Å². The van der Waals surface area contributed by atoms with E-state index in [1.54, 1.807) is 74.5 Å². The van der Waals surface area contributed by atoms with Crippen LogP contribution in [0.1, 0.15) is 47.4 Å². The first kappa shape index (κ1) is 24.3. The molecule has 2 amide bonds. The average Bonchev–Trinajstić information content (AvgIpc) is 2.75. The molecule has 0 saturated heterocycles. The van der Waals surface area contributed by atoms with Gasteiger partial charge in [-0.3, -0.25) is 19.3 Å². The molecule has 0 radical (unpaired) electrons. The second-order valence-electron chi connectivity index (χ2n) is 6.95. The number of carboxylic acid groups (broad SMARTS) is 1. The highest BCUT2D eigenvalue weighted by molar-refractivity contribution is 7.80. The van der Waals surface area contributed by atoms with Gasteiger partial charge in [-0.05, 0) is 44.5 Å². The lowest BCUT2D eigenvalue weighted by Gasteiger charge is -2.35. The van der Waals surface area contributed by atoms with Crippen LogP contribution in [-0.2, 0) is 4.79 Å². The molecule has 8 heteroatoms. The molecule has 0 aliphatic heterocycles. The Morgan fingerprint density at radius 1 is 0.839 bits per heavy atom. The smallest absolute Gasteiger partial charge is 0.303 e. The summed E-state index contributed by atoms with van der Waals surface area (Å²) in [5, 5.41) is 9.23. The van der Waals surface area contributed by atoms with Crippen LogP contribution in [0.2, 0.25) is 0 Å². The zero-order valence-corrected chi connectivity index (χ0v) is 19.0. The normalized spacial score (nSPS) is 11.3. The quantitative estimate of drug-likeness (QED) is 0.600. The lowest BCUT2D eigenvalue weighted by Crippen LogP contribution is -2.51. The Balaban J connectivity index is 2.40. The van der Waals surface area contributed by atoms with Crippen molar-refractivity contribution in [3.8, 4) is 0 Å². The third-order valence-corrected chi connectivity index (χ3v) is 5.09. The lowest BCUT2D eigenvalue weighted by molar-refractivity contribution is -0.137. The number of hydrogen-bond acceptors (Lipinski definition) is 5. The standard InChI is InChI=1S/C23H24N2O4S2/c1-16(30)24(22(28)18-9-5-3-6-10-18)15-20(13-14-21(26)27)25(17(2)31)23(29)19-11-7-4-8-12-19/h3-12,20H,13-15H2,1-2H3,(H,26,27). The number of aliphatic carboxylic acids is 1. The first-order valence-electron chi connectivity index (χ1n) is 9.70. The van der Waals surface area contributed by atoms with E-state index in [1.165, 1.54) is 9.80 Å². The van der Waals surface area contributed by atoms with Gasteiger partial charge < -0.3 is 10.0 Å². The van der Waals surface area contributed by atoms with Crippen molar-refractivity contribution in [3.63, 3.8) is 0 Å². The summed E-state index contributed by atoms with van der Waals surface area (Å²) in [5.74, 6) is -1.67.